The van der Waals surface area contributed by atoms with E-state index in [-0.39, 0.29) is 17.9 Å². The SMILES string of the molecule is COC(=O)c1ccc(N2CCN(CC(=O)Nc3cccc(C#N)c3)C(C)C2)cc1. The van der Waals surface area contributed by atoms with Crippen LogP contribution in [-0.4, -0.2) is 56.1 Å². The van der Waals surface area contributed by atoms with E-state index in [1.54, 1.807) is 36.4 Å². The van der Waals surface area contributed by atoms with Crippen LogP contribution in [0.1, 0.15) is 22.8 Å². The van der Waals surface area contributed by atoms with Gasteiger partial charge in [0.15, 0.2) is 0 Å². The van der Waals surface area contributed by atoms with Crippen LogP contribution in [0, 0.1) is 11.3 Å². The van der Waals surface area contributed by atoms with E-state index in [2.05, 4.69) is 28.1 Å². The summed E-state index contributed by atoms with van der Waals surface area (Å²) < 4.78 is 4.73. The zero-order valence-electron chi connectivity index (χ0n) is 16.6. The van der Waals surface area contributed by atoms with Gasteiger partial charge in [-0.15, -0.1) is 0 Å². The molecule has 29 heavy (non-hydrogen) atoms. The zero-order valence-corrected chi connectivity index (χ0v) is 16.6. The van der Waals surface area contributed by atoms with Crippen LogP contribution >= 0.6 is 0 Å². The van der Waals surface area contributed by atoms with E-state index in [9.17, 15) is 9.59 Å². The maximum atomic E-state index is 12.4. The number of carbonyl (C=O) groups excluding carboxylic acids is 2. The van der Waals surface area contributed by atoms with Gasteiger partial charge >= 0.3 is 5.97 Å². The molecule has 1 amide bonds. The fraction of sp³-hybridized carbons (Fsp3) is 0.318. The summed E-state index contributed by atoms with van der Waals surface area (Å²) in [5.41, 5.74) is 2.72. The number of hydrogen-bond donors (Lipinski definition) is 1. The summed E-state index contributed by atoms with van der Waals surface area (Å²) in [6.07, 6.45) is 0. The van der Waals surface area contributed by atoms with Gasteiger partial charge < -0.3 is 15.0 Å². The van der Waals surface area contributed by atoms with Gasteiger partial charge in [-0.1, -0.05) is 6.07 Å². The van der Waals surface area contributed by atoms with Gasteiger partial charge in [-0.3, -0.25) is 9.69 Å². The molecule has 1 aliphatic rings. The number of benzene rings is 2. The standard InChI is InChI=1S/C22H24N4O3/c1-16-14-26(20-8-6-18(7-9-20)22(28)29-2)11-10-25(16)15-21(27)24-19-5-3-4-17(12-19)13-23/h3-9,12,16H,10-11,14-15H2,1-2H3,(H,24,27). The Morgan fingerprint density at radius 2 is 1.97 bits per heavy atom. The van der Waals surface area contributed by atoms with E-state index in [4.69, 9.17) is 10.00 Å². The number of methoxy groups -OCH3 is 1. The van der Waals surface area contributed by atoms with Gasteiger partial charge in [-0.25, -0.2) is 4.79 Å². The number of ether oxygens (including phenoxy) is 1. The maximum Gasteiger partial charge on any atom is 0.337 e. The number of anilines is 2. The molecule has 0 bridgehead atoms. The van der Waals surface area contributed by atoms with Crippen LogP contribution in [0.5, 0.6) is 0 Å². The number of hydrogen-bond acceptors (Lipinski definition) is 6. The van der Waals surface area contributed by atoms with E-state index in [0.29, 0.717) is 23.4 Å². The molecular weight excluding hydrogens is 368 g/mol. The summed E-state index contributed by atoms with van der Waals surface area (Å²) in [5.74, 6) is -0.441. The van der Waals surface area contributed by atoms with Crippen molar-refractivity contribution in [3.8, 4) is 6.07 Å². The molecule has 150 valence electrons. The van der Waals surface area contributed by atoms with Crippen LogP contribution in [-0.2, 0) is 9.53 Å². The molecule has 2 aromatic carbocycles. The molecule has 0 aliphatic carbocycles. The molecule has 7 heteroatoms. The van der Waals surface area contributed by atoms with Crippen molar-refractivity contribution in [2.45, 2.75) is 13.0 Å². The second-order valence-electron chi connectivity index (χ2n) is 7.04. The number of esters is 1. The van der Waals surface area contributed by atoms with Gasteiger partial charge in [-0.05, 0) is 49.4 Å². The van der Waals surface area contributed by atoms with Crippen LogP contribution < -0.4 is 10.2 Å². The first-order valence-corrected chi connectivity index (χ1v) is 9.47. The number of piperazine rings is 1. The molecule has 3 rings (SSSR count). The molecule has 2 aromatic rings. The molecule has 0 aromatic heterocycles. The average Bonchev–Trinajstić information content (AvgIpc) is 2.74. The van der Waals surface area contributed by atoms with Crippen molar-refractivity contribution in [1.82, 2.24) is 4.90 Å². The van der Waals surface area contributed by atoms with Crippen molar-refractivity contribution in [1.29, 1.82) is 5.26 Å². The highest BCUT2D eigenvalue weighted by molar-refractivity contribution is 5.92. The van der Waals surface area contributed by atoms with Gasteiger partial charge in [-0.2, -0.15) is 5.26 Å². The van der Waals surface area contributed by atoms with E-state index in [1.807, 2.05) is 12.1 Å². The molecule has 7 nitrogen and oxygen atoms in total. The lowest BCUT2D eigenvalue weighted by Crippen LogP contribution is -2.53. The van der Waals surface area contributed by atoms with Crippen molar-refractivity contribution >= 4 is 23.3 Å². The molecule has 1 atom stereocenters. The summed E-state index contributed by atoms with van der Waals surface area (Å²) >= 11 is 0. The van der Waals surface area contributed by atoms with Crippen LogP contribution in [0.3, 0.4) is 0 Å². The van der Waals surface area contributed by atoms with E-state index in [0.717, 1.165) is 25.3 Å². The zero-order chi connectivity index (χ0) is 20.8. The highest BCUT2D eigenvalue weighted by Gasteiger charge is 2.25. The highest BCUT2D eigenvalue weighted by Crippen LogP contribution is 2.20. The minimum Gasteiger partial charge on any atom is -0.465 e. The maximum absolute atomic E-state index is 12.4. The number of rotatable bonds is 5. The van der Waals surface area contributed by atoms with Gasteiger partial charge in [0, 0.05) is 37.1 Å². The predicted octanol–water partition coefficient (Wildman–Crippen LogP) is 2.49. The second kappa shape index (κ2) is 9.22. The quantitative estimate of drug-likeness (QED) is 0.787. The fourth-order valence-corrected chi connectivity index (χ4v) is 3.44. The van der Waals surface area contributed by atoms with Crippen LogP contribution in [0.2, 0.25) is 0 Å². The molecule has 1 saturated heterocycles. The van der Waals surface area contributed by atoms with Gasteiger partial charge in [0.05, 0.1) is 30.9 Å². The van der Waals surface area contributed by atoms with Crippen molar-refractivity contribution in [3.05, 3.63) is 59.7 Å². The van der Waals surface area contributed by atoms with Crippen molar-refractivity contribution < 1.29 is 14.3 Å². The molecule has 0 saturated carbocycles. The monoisotopic (exact) mass is 392 g/mol. The third kappa shape index (κ3) is 5.12. The molecule has 1 fully saturated rings. The summed E-state index contributed by atoms with van der Waals surface area (Å²) in [6, 6.07) is 16.5. The van der Waals surface area contributed by atoms with E-state index < -0.39 is 0 Å². The Morgan fingerprint density at radius 3 is 2.62 bits per heavy atom. The number of nitrogens with one attached hydrogen (secondary N) is 1. The van der Waals surface area contributed by atoms with Crippen molar-refractivity contribution in [3.63, 3.8) is 0 Å². The van der Waals surface area contributed by atoms with Crippen molar-refractivity contribution in [2.75, 3.05) is 43.5 Å². The molecule has 1 heterocycles. The normalized spacial score (nSPS) is 16.7. The fourth-order valence-electron chi connectivity index (χ4n) is 3.44. The lowest BCUT2D eigenvalue weighted by atomic mass is 10.1. The topological polar surface area (TPSA) is 85.7 Å². The Morgan fingerprint density at radius 1 is 1.21 bits per heavy atom. The minimum absolute atomic E-state index is 0.0946. The summed E-state index contributed by atoms with van der Waals surface area (Å²) in [5, 5.41) is 11.8. The molecule has 1 N–H and O–H groups in total. The van der Waals surface area contributed by atoms with E-state index in [1.165, 1.54) is 7.11 Å². The number of nitrogens with zero attached hydrogens (tertiary/aromatic N) is 3. The Labute approximate surface area is 170 Å². The van der Waals surface area contributed by atoms with E-state index >= 15 is 0 Å². The smallest absolute Gasteiger partial charge is 0.337 e. The molecule has 0 radical (unpaired) electrons. The van der Waals surface area contributed by atoms with Crippen LogP contribution in [0.15, 0.2) is 48.5 Å². The van der Waals surface area contributed by atoms with Gasteiger partial charge in [0.25, 0.3) is 0 Å². The highest BCUT2D eigenvalue weighted by atomic mass is 16.5. The third-order valence-electron chi connectivity index (χ3n) is 5.04. The van der Waals surface area contributed by atoms with Gasteiger partial charge in [0.2, 0.25) is 5.91 Å². The second-order valence-corrected chi connectivity index (χ2v) is 7.04. The first kappa shape index (κ1) is 20.4. The number of amides is 1. The Balaban J connectivity index is 1.55. The lowest BCUT2D eigenvalue weighted by Gasteiger charge is -2.40. The van der Waals surface area contributed by atoms with Crippen LogP contribution in [0.4, 0.5) is 11.4 Å². The largest absolute Gasteiger partial charge is 0.465 e. The average molecular weight is 392 g/mol. The number of carbonyl (C=O) groups is 2. The van der Waals surface area contributed by atoms with Crippen molar-refractivity contribution in [2.24, 2.45) is 0 Å². The Hall–Kier alpha value is -3.37. The Kier molecular flexibility index (Phi) is 6.47. The van der Waals surface area contributed by atoms with Crippen LogP contribution in [0.25, 0.3) is 0 Å². The summed E-state index contributed by atoms with van der Waals surface area (Å²) in [7, 11) is 1.37. The summed E-state index contributed by atoms with van der Waals surface area (Å²) in [4.78, 5) is 28.4. The molecule has 1 unspecified atom stereocenters. The number of nitriles is 1. The molecule has 0 spiro atoms. The predicted molar refractivity (Wildman–Crippen MR) is 111 cm³/mol. The third-order valence-corrected chi connectivity index (χ3v) is 5.04. The first-order chi connectivity index (χ1) is 14.0. The first-order valence-electron chi connectivity index (χ1n) is 9.47. The van der Waals surface area contributed by atoms with Gasteiger partial charge in [0.1, 0.15) is 0 Å². The summed E-state index contributed by atoms with van der Waals surface area (Å²) in [6.45, 7) is 4.73. The molecule has 1 aliphatic heterocycles. The lowest BCUT2D eigenvalue weighted by molar-refractivity contribution is -0.117. The minimum atomic E-state index is -0.346. The molecular formula is C22H24N4O3. The Bertz CT molecular complexity index is 920.